The van der Waals surface area contributed by atoms with Crippen LogP contribution in [-0.2, 0) is 10.2 Å². The van der Waals surface area contributed by atoms with Gasteiger partial charge >= 0.3 is 7.12 Å². The van der Waals surface area contributed by atoms with E-state index >= 15 is 0 Å². The van der Waals surface area contributed by atoms with Crippen LogP contribution in [0.3, 0.4) is 0 Å². The number of hydrogen-bond donors (Lipinski definition) is 4. The van der Waals surface area contributed by atoms with E-state index in [9.17, 15) is 8.42 Å². The van der Waals surface area contributed by atoms with Crippen molar-refractivity contribution in [1.29, 1.82) is 0 Å². The van der Waals surface area contributed by atoms with Crippen LogP contribution in [-0.4, -0.2) is 72.0 Å². The number of likely N-dealkylation sites (N-methyl/N-ethyl adjacent to an activating group) is 1. The fourth-order valence-corrected chi connectivity index (χ4v) is 4.84. The van der Waals surface area contributed by atoms with Crippen molar-refractivity contribution in [1.82, 2.24) is 8.61 Å². The van der Waals surface area contributed by atoms with Crippen molar-refractivity contribution in [2.45, 2.75) is 50.0 Å². The Kier molecular flexibility index (Phi) is 5.47. The van der Waals surface area contributed by atoms with Crippen LogP contribution in [0, 0.1) is 5.92 Å². The Labute approximate surface area is 139 Å². The Morgan fingerprint density at radius 1 is 1.35 bits per heavy atom. The van der Waals surface area contributed by atoms with Gasteiger partial charge < -0.3 is 21.5 Å². The summed E-state index contributed by atoms with van der Waals surface area (Å²) in [6, 6.07) is 0. The minimum Gasteiger partial charge on any atom is -0.427 e. The van der Waals surface area contributed by atoms with Crippen LogP contribution in [0.5, 0.6) is 0 Å². The van der Waals surface area contributed by atoms with Gasteiger partial charge in [-0.1, -0.05) is 6.42 Å². The molecule has 0 radical (unpaired) electrons. The second-order valence-corrected chi connectivity index (χ2v) is 9.57. The van der Waals surface area contributed by atoms with Crippen molar-refractivity contribution in [3.05, 3.63) is 0 Å². The highest BCUT2D eigenvalue weighted by molar-refractivity contribution is 7.86. The molecule has 23 heavy (non-hydrogen) atoms. The molecule has 0 unspecified atom stereocenters. The van der Waals surface area contributed by atoms with Gasteiger partial charge in [-0.05, 0) is 38.4 Å². The molecular formula is C13H29BN4O4S. The second-order valence-electron chi connectivity index (χ2n) is 7.53. The molecule has 0 aromatic rings. The molecule has 1 saturated carbocycles. The SMILES string of the molecule is CN(CC1(N)CC1)S(=O)(=O)N1C[C@H](CCCB(O)O)[C@@](C)(N)C1. The quantitative estimate of drug-likeness (QED) is 0.397. The molecule has 0 aromatic carbocycles. The van der Waals surface area contributed by atoms with E-state index in [0.717, 1.165) is 12.8 Å². The summed E-state index contributed by atoms with van der Waals surface area (Å²) in [5, 5.41) is 17.8. The van der Waals surface area contributed by atoms with E-state index in [-0.39, 0.29) is 24.3 Å². The van der Waals surface area contributed by atoms with Gasteiger partial charge in [0.25, 0.3) is 10.2 Å². The van der Waals surface area contributed by atoms with E-state index in [4.69, 9.17) is 21.5 Å². The highest BCUT2D eigenvalue weighted by atomic mass is 32.2. The molecule has 0 spiro atoms. The highest BCUT2D eigenvalue weighted by Gasteiger charge is 2.47. The van der Waals surface area contributed by atoms with Crippen molar-refractivity contribution in [3.63, 3.8) is 0 Å². The summed E-state index contributed by atoms with van der Waals surface area (Å²) in [4.78, 5) is 0. The Bertz CT molecular complexity index is 524. The van der Waals surface area contributed by atoms with Crippen LogP contribution < -0.4 is 11.5 Å². The molecule has 2 aliphatic rings. The van der Waals surface area contributed by atoms with Crippen molar-refractivity contribution in [2.24, 2.45) is 17.4 Å². The number of rotatable bonds is 8. The lowest BCUT2D eigenvalue weighted by Gasteiger charge is -2.27. The molecule has 2 atom stereocenters. The van der Waals surface area contributed by atoms with Gasteiger partial charge in [-0.15, -0.1) is 0 Å². The Morgan fingerprint density at radius 2 is 1.96 bits per heavy atom. The average Bonchev–Trinajstić information content (AvgIpc) is 3.04. The molecule has 1 aliphatic heterocycles. The molecule has 1 aliphatic carbocycles. The van der Waals surface area contributed by atoms with Crippen molar-refractivity contribution in [3.8, 4) is 0 Å². The molecule has 6 N–H and O–H groups in total. The van der Waals surface area contributed by atoms with Crippen molar-refractivity contribution in [2.75, 3.05) is 26.7 Å². The van der Waals surface area contributed by atoms with E-state index in [0.29, 0.717) is 25.9 Å². The maximum Gasteiger partial charge on any atom is 0.451 e. The zero-order chi connectivity index (χ0) is 17.5. The van der Waals surface area contributed by atoms with E-state index in [1.807, 2.05) is 6.92 Å². The summed E-state index contributed by atoms with van der Waals surface area (Å²) >= 11 is 0. The second kappa shape index (κ2) is 6.59. The maximum atomic E-state index is 12.7. The lowest BCUT2D eigenvalue weighted by Crippen LogP contribution is -2.49. The van der Waals surface area contributed by atoms with Gasteiger partial charge in [0.05, 0.1) is 0 Å². The van der Waals surface area contributed by atoms with Crippen LogP contribution in [0.2, 0.25) is 6.32 Å². The summed E-state index contributed by atoms with van der Waals surface area (Å²) in [7, 11) is -3.34. The van der Waals surface area contributed by atoms with E-state index < -0.39 is 22.9 Å². The lowest BCUT2D eigenvalue weighted by molar-refractivity contribution is 0.343. The molecule has 2 fully saturated rings. The minimum absolute atomic E-state index is 0.00260. The Hall–Kier alpha value is -0.225. The summed E-state index contributed by atoms with van der Waals surface area (Å²) < 4.78 is 28.2. The molecule has 1 saturated heterocycles. The smallest absolute Gasteiger partial charge is 0.427 e. The van der Waals surface area contributed by atoms with Gasteiger partial charge in [-0.25, -0.2) is 0 Å². The monoisotopic (exact) mass is 348 g/mol. The summed E-state index contributed by atoms with van der Waals surface area (Å²) in [5.41, 5.74) is 11.3. The standard InChI is InChI=1S/C13H29BN4O4S/c1-12(15)9-18(8-11(12)4-3-7-14(19)20)23(21,22)17(2)10-13(16)5-6-13/h11,19-20H,3-10,15-16H2,1-2H3/t11-,12-/m0/s1. The zero-order valence-electron chi connectivity index (χ0n) is 14.0. The molecule has 134 valence electrons. The van der Waals surface area contributed by atoms with Gasteiger partial charge in [0.1, 0.15) is 0 Å². The molecule has 8 nitrogen and oxygen atoms in total. The average molecular weight is 348 g/mol. The first-order valence-corrected chi connectivity index (χ1v) is 9.51. The summed E-state index contributed by atoms with van der Waals surface area (Å²) in [6.07, 6.45) is 3.25. The Morgan fingerprint density at radius 3 is 2.48 bits per heavy atom. The zero-order valence-corrected chi connectivity index (χ0v) is 14.8. The molecule has 0 bridgehead atoms. The van der Waals surface area contributed by atoms with E-state index in [2.05, 4.69) is 0 Å². The van der Waals surface area contributed by atoms with Gasteiger partial charge in [-0.2, -0.15) is 17.0 Å². The maximum absolute atomic E-state index is 12.7. The Balaban J connectivity index is 1.97. The molecule has 1 heterocycles. The first-order valence-electron chi connectivity index (χ1n) is 8.12. The van der Waals surface area contributed by atoms with E-state index in [1.54, 1.807) is 7.05 Å². The first-order chi connectivity index (χ1) is 10.5. The predicted molar refractivity (Wildman–Crippen MR) is 89.6 cm³/mol. The molecule has 0 amide bonds. The minimum atomic E-state index is -3.57. The number of nitrogens with zero attached hydrogens (tertiary/aromatic N) is 2. The van der Waals surface area contributed by atoms with Crippen LogP contribution in [0.15, 0.2) is 0 Å². The fraction of sp³-hybridized carbons (Fsp3) is 1.00. The molecular weight excluding hydrogens is 319 g/mol. The molecule has 0 aromatic heterocycles. The van der Waals surface area contributed by atoms with Crippen LogP contribution in [0.1, 0.15) is 32.6 Å². The number of nitrogens with two attached hydrogens (primary N) is 2. The lowest BCUT2D eigenvalue weighted by atomic mass is 9.79. The van der Waals surface area contributed by atoms with Crippen molar-refractivity contribution < 1.29 is 18.5 Å². The van der Waals surface area contributed by atoms with Crippen LogP contribution in [0.25, 0.3) is 0 Å². The largest absolute Gasteiger partial charge is 0.451 e. The number of hydrogen-bond acceptors (Lipinski definition) is 6. The van der Waals surface area contributed by atoms with Crippen molar-refractivity contribution >= 4 is 17.3 Å². The third kappa shape index (κ3) is 4.65. The normalized spacial score (nSPS) is 30.8. The van der Waals surface area contributed by atoms with Gasteiger partial charge in [0.2, 0.25) is 0 Å². The van der Waals surface area contributed by atoms with Gasteiger partial charge in [0.15, 0.2) is 0 Å². The molecule has 10 heteroatoms. The summed E-state index contributed by atoms with van der Waals surface area (Å²) in [6.45, 7) is 2.81. The van der Waals surface area contributed by atoms with Gasteiger partial charge in [-0.3, -0.25) is 0 Å². The van der Waals surface area contributed by atoms with E-state index in [1.165, 1.54) is 8.61 Å². The topological polar surface area (TPSA) is 133 Å². The summed E-state index contributed by atoms with van der Waals surface area (Å²) in [5.74, 6) is -0.00260. The molecule has 2 rings (SSSR count). The van der Waals surface area contributed by atoms with Crippen LogP contribution >= 0.6 is 0 Å². The first kappa shape index (κ1) is 19.1. The highest BCUT2D eigenvalue weighted by Crippen LogP contribution is 2.35. The predicted octanol–water partition coefficient (Wildman–Crippen LogP) is -1.44. The van der Waals surface area contributed by atoms with Crippen LogP contribution in [0.4, 0.5) is 0 Å². The third-order valence-corrected chi connectivity index (χ3v) is 6.89. The van der Waals surface area contributed by atoms with Gasteiger partial charge in [0, 0.05) is 37.8 Å². The third-order valence-electron chi connectivity index (χ3n) is 5.04. The fourth-order valence-electron chi connectivity index (χ4n) is 3.21.